The summed E-state index contributed by atoms with van der Waals surface area (Å²) < 4.78 is 9.86. The Morgan fingerprint density at radius 2 is 2.00 bits per heavy atom. The number of nitrogens with zero attached hydrogens (tertiary/aromatic N) is 1. The summed E-state index contributed by atoms with van der Waals surface area (Å²) in [6.45, 7) is 1.62. The monoisotopic (exact) mass is 391 g/mol. The number of aromatic carboxylic acids is 1. The van der Waals surface area contributed by atoms with E-state index in [-0.39, 0.29) is 13.1 Å². The molecule has 2 heterocycles. The number of pyridine rings is 1. The number of carboxylic acid groups (broad SMARTS) is 1. The first-order chi connectivity index (χ1) is 13.3. The summed E-state index contributed by atoms with van der Waals surface area (Å²) in [5.41, 5.74) is -0.359. The minimum atomic E-state index is -1.70. The fraction of sp³-hybridized carbons (Fsp3) is 0.235. The molecule has 0 aromatic carbocycles. The number of ether oxygens (including phenoxy) is 1. The highest BCUT2D eigenvalue weighted by Gasteiger charge is 2.20. The summed E-state index contributed by atoms with van der Waals surface area (Å²) in [5, 5.41) is 22.9. The maximum atomic E-state index is 11.9. The first kappa shape index (κ1) is 20.4. The van der Waals surface area contributed by atoms with Gasteiger partial charge in [0.2, 0.25) is 11.2 Å². The Hall–Kier alpha value is -3.89. The van der Waals surface area contributed by atoms with Crippen LogP contribution in [-0.4, -0.2) is 46.3 Å². The molecule has 0 aliphatic heterocycles. The maximum Gasteiger partial charge on any atom is 0.407 e. The molecule has 0 aliphatic rings. The SMILES string of the molecule is C[C@H](OC(=O)NCCNC(=O)c1cc(=O)c(O)c(C(=O)O)o1)c1cccnc1. The standard InChI is InChI=1S/C17H17N3O8/c1-9(10-3-2-4-18-8-10)27-17(26)20-6-5-19-15(23)12-7-11(21)13(22)14(28-12)16(24)25/h2-4,7-9,22H,5-6H2,1H3,(H,19,23)(H,20,26)(H,24,25)/t9-/m0/s1. The lowest BCUT2D eigenvalue weighted by molar-refractivity contribution is 0.0649. The van der Waals surface area contributed by atoms with Gasteiger partial charge >= 0.3 is 12.1 Å². The minimum Gasteiger partial charge on any atom is -0.501 e. The van der Waals surface area contributed by atoms with Crippen LogP contribution in [0.3, 0.4) is 0 Å². The average Bonchev–Trinajstić information content (AvgIpc) is 2.67. The molecule has 11 heteroatoms. The fourth-order valence-electron chi connectivity index (χ4n) is 2.06. The molecular formula is C17H17N3O8. The van der Waals surface area contributed by atoms with E-state index in [0.29, 0.717) is 11.6 Å². The fourth-order valence-corrected chi connectivity index (χ4v) is 2.06. The van der Waals surface area contributed by atoms with Crippen molar-refractivity contribution in [1.29, 1.82) is 0 Å². The number of nitrogens with one attached hydrogen (secondary N) is 2. The van der Waals surface area contributed by atoms with Crippen molar-refractivity contribution in [3.63, 3.8) is 0 Å². The number of aromatic hydroxyl groups is 1. The lowest BCUT2D eigenvalue weighted by Gasteiger charge is -2.14. The number of aromatic nitrogens is 1. The van der Waals surface area contributed by atoms with Gasteiger partial charge in [-0.2, -0.15) is 0 Å². The third kappa shape index (κ3) is 5.30. The van der Waals surface area contributed by atoms with Crippen molar-refractivity contribution in [1.82, 2.24) is 15.6 Å². The smallest absolute Gasteiger partial charge is 0.407 e. The number of alkyl carbamates (subject to hydrolysis) is 1. The normalized spacial score (nSPS) is 11.3. The third-order valence-electron chi connectivity index (χ3n) is 3.46. The van der Waals surface area contributed by atoms with E-state index in [4.69, 9.17) is 14.3 Å². The van der Waals surface area contributed by atoms with E-state index in [0.717, 1.165) is 0 Å². The topological polar surface area (TPSA) is 168 Å². The van der Waals surface area contributed by atoms with Crippen LogP contribution in [0.2, 0.25) is 0 Å². The molecule has 2 aromatic rings. The van der Waals surface area contributed by atoms with Crippen molar-refractivity contribution in [3.05, 3.63) is 57.9 Å². The van der Waals surface area contributed by atoms with E-state index in [1.807, 2.05) is 0 Å². The lowest BCUT2D eigenvalue weighted by atomic mass is 10.2. The highest BCUT2D eigenvalue weighted by molar-refractivity contribution is 5.93. The number of hydrogen-bond donors (Lipinski definition) is 4. The molecule has 1 atom stereocenters. The first-order valence-electron chi connectivity index (χ1n) is 8.02. The van der Waals surface area contributed by atoms with Gasteiger partial charge in [-0.05, 0) is 13.0 Å². The summed E-state index contributed by atoms with van der Waals surface area (Å²) in [6.07, 6.45) is 1.92. The summed E-state index contributed by atoms with van der Waals surface area (Å²) in [4.78, 5) is 49.9. The Labute approximate surface area is 158 Å². The molecule has 0 aliphatic carbocycles. The molecule has 0 spiro atoms. The van der Waals surface area contributed by atoms with Gasteiger partial charge in [0, 0.05) is 37.1 Å². The van der Waals surface area contributed by atoms with E-state index in [1.54, 1.807) is 31.5 Å². The Bertz CT molecular complexity index is 926. The molecular weight excluding hydrogens is 374 g/mol. The van der Waals surface area contributed by atoms with E-state index in [2.05, 4.69) is 15.6 Å². The number of carbonyl (C=O) groups excluding carboxylic acids is 2. The molecule has 11 nitrogen and oxygen atoms in total. The highest BCUT2D eigenvalue weighted by Crippen LogP contribution is 2.15. The predicted octanol–water partition coefficient (Wildman–Crippen LogP) is 0.656. The van der Waals surface area contributed by atoms with Gasteiger partial charge in [-0.15, -0.1) is 0 Å². The summed E-state index contributed by atoms with van der Waals surface area (Å²) in [6, 6.07) is 4.12. The number of carboxylic acids is 1. The van der Waals surface area contributed by atoms with Crippen LogP contribution in [0.1, 0.15) is 39.7 Å². The molecule has 2 amide bonds. The maximum absolute atomic E-state index is 11.9. The zero-order chi connectivity index (χ0) is 20.7. The van der Waals surface area contributed by atoms with Crippen LogP contribution >= 0.6 is 0 Å². The summed E-state index contributed by atoms with van der Waals surface area (Å²) in [7, 11) is 0. The molecule has 0 bridgehead atoms. The second-order valence-electron chi connectivity index (χ2n) is 5.47. The number of carbonyl (C=O) groups is 3. The quantitative estimate of drug-likeness (QED) is 0.495. The number of amides is 2. The molecule has 28 heavy (non-hydrogen) atoms. The van der Waals surface area contributed by atoms with Crippen molar-refractivity contribution in [2.75, 3.05) is 13.1 Å². The molecule has 4 N–H and O–H groups in total. The van der Waals surface area contributed by atoms with Gasteiger partial charge in [0.25, 0.3) is 11.7 Å². The Balaban J connectivity index is 1.82. The number of hydrogen-bond acceptors (Lipinski definition) is 8. The molecule has 2 rings (SSSR count). The van der Waals surface area contributed by atoms with Crippen molar-refractivity contribution < 1.29 is 33.8 Å². The minimum absolute atomic E-state index is 0.00155. The van der Waals surface area contributed by atoms with Gasteiger partial charge in [-0.3, -0.25) is 14.6 Å². The van der Waals surface area contributed by atoms with Crippen LogP contribution in [0.25, 0.3) is 0 Å². The van der Waals surface area contributed by atoms with Crippen LogP contribution in [0, 0.1) is 0 Å². The molecule has 0 saturated heterocycles. The molecule has 148 valence electrons. The second-order valence-corrected chi connectivity index (χ2v) is 5.47. The van der Waals surface area contributed by atoms with Crippen LogP contribution < -0.4 is 16.1 Å². The van der Waals surface area contributed by atoms with Gasteiger partial charge < -0.3 is 30.0 Å². The molecule has 2 aromatic heterocycles. The van der Waals surface area contributed by atoms with E-state index < -0.39 is 46.8 Å². The first-order valence-corrected chi connectivity index (χ1v) is 8.02. The molecule has 0 radical (unpaired) electrons. The van der Waals surface area contributed by atoms with E-state index in [9.17, 15) is 24.3 Å². The van der Waals surface area contributed by atoms with Crippen LogP contribution in [0.5, 0.6) is 5.75 Å². The Kier molecular flexibility index (Phi) is 6.68. The van der Waals surface area contributed by atoms with Crippen LogP contribution in [-0.2, 0) is 4.74 Å². The van der Waals surface area contributed by atoms with E-state index in [1.165, 1.54) is 0 Å². The van der Waals surface area contributed by atoms with Gasteiger partial charge in [0.1, 0.15) is 6.10 Å². The molecule has 0 unspecified atom stereocenters. The zero-order valence-electron chi connectivity index (χ0n) is 14.7. The van der Waals surface area contributed by atoms with Crippen molar-refractivity contribution in [2.45, 2.75) is 13.0 Å². The number of rotatable bonds is 7. The van der Waals surface area contributed by atoms with Gasteiger partial charge in [0.05, 0.1) is 0 Å². The highest BCUT2D eigenvalue weighted by atomic mass is 16.6. The van der Waals surface area contributed by atoms with Gasteiger partial charge in [-0.25, -0.2) is 9.59 Å². The van der Waals surface area contributed by atoms with Gasteiger partial charge in [0.15, 0.2) is 5.76 Å². The van der Waals surface area contributed by atoms with Crippen molar-refractivity contribution in [3.8, 4) is 5.75 Å². The predicted molar refractivity (Wildman–Crippen MR) is 93.1 cm³/mol. The van der Waals surface area contributed by atoms with Crippen LogP contribution in [0.4, 0.5) is 4.79 Å². The molecule has 0 fully saturated rings. The summed E-state index contributed by atoms with van der Waals surface area (Å²) >= 11 is 0. The average molecular weight is 391 g/mol. The van der Waals surface area contributed by atoms with Crippen LogP contribution in [0.15, 0.2) is 39.8 Å². The third-order valence-corrected chi connectivity index (χ3v) is 3.46. The lowest BCUT2D eigenvalue weighted by Crippen LogP contribution is -2.35. The van der Waals surface area contributed by atoms with E-state index >= 15 is 0 Å². The van der Waals surface area contributed by atoms with Crippen molar-refractivity contribution in [2.24, 2.45) is 0 Å². The zero-order valence-corrected chi connectivity index (χ0v) is 14.7. The molecule has 0 saturated carbocycles. The Morgan fingerprint density at radius 3 is 2.64 bits per heavy atom. The largest absolute Gasteiger partial charge is 0.501 e. The summed E-state index contributed by atoms with van der Waals surface area (Å²) in [5.74, 6) is -5.32. The Morgan fingerprint density at radius 1 is 1.29 bits per heavy atom. The second kappa shape index (κ2) is 9.16. The van der Waals surface area contributed by atoms with Crippen molar-refractivity contribution >= 4 is 18.0 Å². The van der Waals surface area contributed by atoms with Gasteiger partial charge in [-0.1, -0.05) is 6.07 Å².